The highest BCUT2D eigenvalue weighted by Gasteiger charge is 2.17. The highest BCUT2D eigenvalue weighted by atomic mass is 16.3. The Labute approximate surface area is 148 Å². The Morgan fingerprint density at radius 3 is 2.46 bits per heavy atom. The van der Waals surface area contributed by atoms with Crippen molar-refractivity contribution >= 4 is 16.7 Å². The molecule has 0 aliphatic carbocycles. The van der Waals surface area contributed by atoms with Crippen molar-refractivity contribution in [3.63, 3.8) is 0 Å². The van der Waals surface area contributed by atoms with Crippen molar-refractivity contribution in [2.45, 2.75) is 6.54 Å². The van der Waals surface area contributed by atoms with Crippen molar-refractivity contribution in [3.8, 4) is 5.69 Å². The minimum absolute atomic E-state index is 0.201. The van der Waals surface area contributed by atoms with Crippen molar-refractivity contribution in [2.75, 3.05) is 0 Å². The first-order chi connectivity index (χ1) is 12.7. The average molecular weight is 345 g/mol. The van der Waals surface area contributed by atoms with Crippen LogP contribution in [0.1, 0.15) is 16.1 Å². The minimum Gasteiger partial charge on any atom is -0.472 e. The molecule has 0 aliphatic heterocycles. The van der Waals surface area contributed by atoms with Gasteiger partial charge in [0.2, 0.25) is 0 Å². The molecular formula is C20H15N3O3. The summed E-state index contributed by atoms with van der Waals surface area (Å²) < 4.78 is 6.26. The molecule has 0 atom stereocenters. The summed E-state index contributed by atoms with van der Waals surface area (Å²) in [6.07, 6.45) is 3.11. The van der Waals surface area contributed by atoms with E-state index in [0.29, 0.717) is 23.0 Å². The molecule has 0 radical (unpaired) electrons. The number of carbonyl (C=O) groups is 1. The van der Waals surface area contributed by atoms with Crippen LogP contribution >= 0.6 is 0 Å². The molecule has 4 aromatic rings. The molecule has 6 nitrogen and oxygen atoms in total. The Balaban J connectivity index is 1.81. The third-order valence-electron chi connectivity index (χ3n) is 4.05. The number of amides is 1. The molecule has 6 heteroatoms. The molecule has 0 fully saturated rings. The summed E-state index contributed by atoms with van der Waals surface area (Å²) in [7, 11) is 0. The second kappa shape index (κ2) is 6.68. The van der Waals surface area contributed by atoms with Crippen LogP contribution < -0.4 is 10.9 Å². The van der Waals surface area contributed by atoms with Crippen molar-refractivity contribution in [2.24, 2.45) is 0 Å². The van der Waals surface area contributed by atoms with Gasteiger partial charge in [0.05, 0.1) is 23.6 Å². The number of benzene rings is 2. The molecule has 1 amide bonds. The molecule has 4 rings (SSSR count). The number of carbonyl (C=O) groups excluding carboxylic acids is 1. The summed E-state index contributed by atoms with van der Waals surface area (Å²) in [6.45, 7) is 0.315. The number of fused-ring (bicyclic) bond motifs is 1. The molecule has 0 unspecified atom stereocenters. The predicted molar refractivity (Wildman–Crippen MR) is 97.2 cm³/mol. The molecule has 128 valence electrons. The van der Waals surface area contributed by atoms with Gasteiger partial charge in [-0.3, -0.25) is 9.59 Å². The van der Waals surface area contributed by atoms with Gasteiger partial charge in [0.15, 0.2) is 5.69 Å². The number of rotatable bonds is 4. The second-order valence-corrected chi connectivity index (χ2v) is 5.76. The molecular weight excluding hydrogens is 330 g/mol. The first-order valence-corrected chi connectivity index (χ1v) is 8.11. The minimum atomic E-state index is -0.355. The summed E-state index contributed by atoms with van der Waals surface area (Å²) >= 11 is 0. The predicted octanol–water partition coefficient (Wildman–Crippen LogP) is 2.91. The van der Waals surface area contributed by atoms with E-state index in [-0.39, 0.29) is 17.2 Å². The Hall–Kier alpha value is -3.67. The van der Waals surface area contributed by atoms with E-state index in [4.69, 9.17) is 4.42 Å². The number of hydrogen-bond donors (Lipinski definition) is 1. The topological polar surface area (TPSA) is 77.1 Å². The van der Waals surface area contributed by atoms with Crippen LogP contribution in [0.5, 0.6) is 0 Å². The largest absolute Gasteiger partial charge is 0.472 e. The molecule has 2 aromatic heterocycles. The van der Waals surface area contributed by atoms with Gasteiger partial charge in [-0.25, -0.2) is 0 Å². The van der Waals surface area contributed by atoms with Crippen LogP contribution in [0.25, 0.3) is 16.5 Å². The fourth-order valence-corrected chi connectivity index (χ4v) is 2.76. The van der Waals surface area contributed by atoms with Crippen LogP contribution in [0.3, 0.4) is 0 Å². The van der Waals surface area contributed by atoms with Gasteiger partial charge in [-0.2, -0.15) is 9.78 Å². The quantitative estimate of drug-likeness (QED) is 0.617. The van der Waals surface area contributed by atoms with E-state index < -0.39 is 0 Å². The summed E-state index contributed by atoms with van der Waals surface area (Å²) in [4.78, 5) is 25.5. The third-order valence-corrected chi connectivity index (χ3v) is 4.05. The molecule has 26 heavy (non-hydrogen) atoms. The SMILES string of the molecule is O=C(NCc1ccoc1)c1nn(-c2ccccc2)c(=O)c2ccccc12. The van der Waals surface area contributed by atoms with Crippen molar-refractivity contribution < 1.29 is 9.21 Å². The van der Waals surface area contributed by atoms with Crippen molar-refractivity contribution in [1.29, 1.82) is 0 Å². The highest BCUT2D eigenvalue weighted by Crippen LogP contribution is 2.15. The molecule has 1 N–H and O–H groups in total. The summed E-state index contributed by atoms with van der Waals surface area (Å²) in [5.74, 6) is -0.355. The van der Waals surface area contributed by atoms with Crippen molar-refractivity contribution in [1.82, 2.24) is 15.1 Å². The maximum atomic E-state index is 12.8. The number of para-hydroxylation sites is 1. The molecule has 0 saturated heterocycles. The van der Waals surface area contributed by atoms with Crippen LogP contribution in [-0.2, 0) is 6.54 Å². The number of nitrogens with zero attached hydrogens (tertiary/aromatic N) is 2. The summed E-state index contributed by atoms with van der Waals surface area (Å²) in [5.41, 5.74) is 1.39. The lowest BCUT2D eigenvalue weighted by Crippen LogP contribution is -2.29. The lowest BCUT2D eigenvalue weighted by atomic mass is 10.1. The van der Waals surface area contributed by atoms with E-state index in [1.54, 1.807) is 55.0 Å². The van der Waals surface area contributed by atoms with Gasteiger partial charge >= 0.3 is 0 Å². The number of furan rings is 1. The van der Waals surface area contributed by atoms with Gasteiger partial charge in [-0.15, -0.1) is 0 Å². The zero-order chi connectivity index (χ0) is 17.9. The fraction of sp³-hybridized carbons (Fsp3) is 0.0500. The van der Waals surface area contributed by atoms with Crippen LogP contribution in [0, 0.1) is 0 Å². The van der Waals surface area contributed by atoms with Crippen LogP contribution in [0.4, 0.5) is 0 Å². The van der Waals surface area contributed by atoms with E-state index in [0.717, 1.165) is 5.56 Å². The monoisotopic (exact) mass is 345 g/mol. The Morgan fingerprint density at radius 2 is 1.73 bits per heavy atom. The molecule has 2 aromatic carbocycles. The molecule has 2 heterocycles. The number of hydrogen-bond acceptors (Lipinski definition) is 4. The maximum Gasteiger partial charge on any atom is 0.279 e. The van der Waals surface area contributed by atoms with Gasteiger partial charge in [-0.05, 0) is 24.3 Å². The number of aromatic nitrogens is 2. The molecule has 0 aliphatic rings. The first-order valence-electron chi connectivity index (χ1n) is 8.11. The molecule has 0 spiro atoms. The van der Waals surface area contributed by atoms with Gasteiger partial charge in [0.25, 0.3) is 11.5 Å². The van der Waals surface area contributed by atoms with Gasteiger partial charge in [0.1, 0.15) is 0 Å². The van der Waals surface area contributed by atoms with E-state index in [9.17, 15) is 9.59 Å². The molecule has 0 saturated carbocycles. The highest BCUT2D eigenvalue weighted by molar-refractivity contribution is 6.04. The average Bonchev–Trinajstić information content (AvgIpc) is 3.21. The zero-order valence-electron chi connectivity index (χ0n) is 13.8. The maximum absolute atomic E-state index is 12.8. The lowest BCUT2D eigenvalue weighted by Gasteiger charge is -2.11. The van der Waals surface area contributed by atoms with E-state index in [1.807, 2.05) is 18.2 Å². The Kier molecular flexibility index (Phi) is 4.07. The van der Waals surface area contributed by atoms with Crippen LogP contribution in [0.2, 0.25) is 0 Å². The van der Waals surface area contributed by atoms with E-state index in [2.05, 4.69) is 10.4 Å². The van der Waals surface area contributed by atoms with Crippen LogP contribution in [-0.4, -0.2) is 15.7 Å². The van der Waals surface area contributed by atoms with E-state index >= 15 is 0 Å². The van der Waals surface area contributed by atoms with Gasteiger partial charge in [0, 0.05) is 17.5 Å². The Morgan fingerprint density at radius 1 is 1.00 bits per heavy atom. The number of nitrogens with one attached hydrogen (secondary N) is 1. The van der Waals surface area contributed by atoms with E-state index in [1.165, 1.54) is 4.68 Å². The van der Waals surface area contributed by atoms with Gasteiger partial charge in [-0.1, -0.05) is 36.4 Å². The first kappa shape index (κ1) is 15.8. The third kappa shape index (κ3) is 2.88. The lowest BCUT2D eigenvalue weighted by molar-refractivity contribution is 0.0946. The zero-order valence-corrected chi connectivity index (χ0v) is 13.8. The smallest absolute Gasteiger partial charge is 0.279 e. The summed E-state index contributed by atoms with van der Waals surface area (Å²) in [5, 5.41) is 8.12. The molecule has 0 bridgehead atoms. The fourth-order valence-electron chi connectivity index (χ4n) is 2.76. The normalized spacial score (nSPS) is 10.8. The Bertz CT molecular complexity index is 1120. The van der Waals surface area contributed by atoms with Gasteiger partial charge < -0.3 is 9.73 Å². The van der Waals surface area contributed by atoms with Crippen LogP contribution in [0.15, 0.2) is 82.4 Å². The summed E-state index contributed by atoms with van der Waals surface area (Å²) in [6, 6.07) is 17.8. The van der Waals surface area contributed by atoms with Crippen molar-refractivity contribution in [3.05, 3.63) is 94.8 Å². The second-order valence-electron chi connectivity index (χ2n) is 5.76. The standard InChI is InChI=1S/C20H15N3O3/c24-19(21-12-14-10-11-26-13-14)18-16-8-4-5-9-17(16)20(25)23(22-18)15-6-2-1-3-7-15/h1-11,13H,12H2,(H,21,24).